The monoisotopic (exact) mass is 260 g/mol. The molecule has 0 amide bonds. The molecule has 0 aliphatic carbocycles. The first-order valence-electron chi connectivity index (χ1n) is 6.06. The van der Waals surface area contributed by atoms with Crippen LogP contribution in [-0.4, -0.2) is 67.6 Å². The SMILES string of the molecule is COCCN=C(NN)N1CC(CO)OC(C)(C)C1. The van der Waals surface area contributed by atoms with E-state index in [1.807, 2.05) is 18.7 Å². The number of hydrazine groups is 1. The molecule has 1 heterocycles. The number of aliphatic imine (C=N–C) groups is 1. The third kappa shape index (κ3) is 4.41. The molecule has 0 saturated carbocycles. The molecular weight excluding hydrogens is 236 g/mol. The van der Waals surface area contributed by atoms with E-state index in [1.165, 1.54) is 0 Å². The standard InChI is InChI=1S/C11H24N4O3/c1-11(2)8-15(6-9(7-16)18-11)10(14-12)13-4-5-17-3/h9,16H,4-8,12H2,1-3H3,(H,13,14). The molecule has 0 aromatic carbocycles. The minimum absolute atomic E-state index is 0.0180. The molecule has 4 N–H and O–H groups in total. The summed E-state index contributed by atoms with van der Waals surface area (Å²) >= 11 is 0. The Hall–Kier alpha value is -0.890. The Balaban J connectivity index is 2.69. The molecule has 106 valence electrons. The van der Waals surface area contributed by atoms with Crippen LogP contribution in [0.4, 0.5) is 0 Å². The molecule has 1 rings (SSSR count). The van der Waals surface area contributed by atoms with E-state index >= 15 is 0 Å². The van der Waals surface area contributed by atoms with E-state index in [-0.39, 0.29) is 18.3 Å². The lowest BCUT2D eigenvalue weighted by molar-refractivity contribution is -0.135. The Labute approximate surface area is 108 Å². The van der Waals surface area contributed by atoms with Gasteiger partial charge in [-0.25, -0.2) is 10.8 Å². The molecule has 1 aliphatic rings. The molecule has 0 aromatic rings. The predicted molar refractivity (Wildman–Crippen MR) is 69.1 cm³/mol. The van der Waals surface area contributed by atoms with Crippen LogP contribution < -0.4 is 11.3 Å². The minimum Gasteiger partial charge on any atom is -0.394 e. The number of guanidine groups is 1. The number of morpholine rings is 1. The van der Waals surface area contributed by atoms with Gasteiger partial charge >= 0.3 is 0 Å². The third-order valence-electron chi connectivity index (χ3n) is 2.67. The molecular formula is C11H24N4O3. The highest BCUT2D eigenvalue weighted by molar-refractivity contribution is 5.79. The number of nitrogens with zero attached hydrogens (tertiary/aromatic N) is 2. The molecule has 0 spiro atoms. The number of aliphatic hydroxyl groups excluding tert-OH is 1. The smallest absolute Gasteiger partial charge is 0.208 e. The molecule has 1 unspecified atom stereocenters. The second-order valence-corrected chi connectivity index (χ2v) is 4.91. The lowest BCUT2D eigenvalue weighted by Crippen LogP contribution is -2.59. The van der Waals surface area contributed by atoms with Crippen molar-refractivity contribution >= 4 is 5.96 Å². The van der Waals surface area contributed by atoms with E-state index in [4.69, 9.17) is 15.3 Å². The summed E-state index contributed by atoms with van der Waals surface area (Å²) in [6, 6.07) is 0. The zero-order chi connectivity index (χ0) is 13.6. The van der Waals surface area contributed by atoms with Crippen LogP contribution in [0.2, 0.25) is 0 Å². The summed E-state index contributed by atoms with van der Waals surface area (Å²) in [6.45, 7) is 6.25. The van der Waals surface area contributed by atoms with Crippen molar-refractivity contribution in [2.24, 2.45) is 10.8 Å². The summed E-state index contributed by atoms with van der Waals surface area (Å²) < 4.78 is 10.7. The lowest BCUT2D eigenvalue weighted by atomic mass is 10.1. The molecule has 0 aromatic heterocycles. The number of hydrogen-bond acceptors (Lipinski definition) is 5. The Morgan fingerprint density at radius 2 is 2.39 bits per heavy atom. The van der Waals surface area contributed by atoms with Crippen molar-refractivity contribution < 1.29 is 14.6 Å². The fourth-order valence-electron chi connectivity index (χ4n) is 2.03. The zero-order valence-electron chi connectivity index (χ0n) is 11.3. The Morgan fingerprint density at radius 3 is 2.94 bits per heavy atom. The van der Waals surface area contributed by atoms with Gasteiger partial charge in [0.2, 0.25) is 5.96 Å². The number of ether oxygens (including phenoxy) is 2. The van der Waals surface area contributed by atoms with Crippen molar-refractivity contribution in [1.82, 2.24) is 10.3 Å². The largest absolute Gasteiger partial charge is 0.394 e. The van der Waals surface area contributed by atoms with Gasteiger partial charge in [-0.05, 0) is 13.8 Å². The van der Waals surface area contributed by atoms with Crippen molar-refractivity contribution in [2.75, 3.05) is 40.0 Å². The van der Waals surface area contributed by atoms with Crippen molar-refractivity contribution in [1.29, 1.82) is 0 Å². The van der Waals surface area contributed by atoms with E-state index in [1.54, 1.807) is 7.11 Å². The van der Waals surface area contributed by atoms with Crippen LogP contribution in [0.1, 0.15) is 13.8 Å². The summed E-state index contributed by atoms with van der Waals surface area (Å²) in [5.41, 5.74) is 2.25. The van der Waals surface area contributed by atoms with Gasteiger partial charge in [0.05, 0.1) is 31.5 Å². The predicted octanol–water partition coefficient (Wildman–Crippen LogP) is -1.08. The number of methoxy groups -OCH3 is 1. The Kier molecular flexibility index (Phi) is 5.80. The summed E-state index contributed by atoms with van der Waals surface area (Å²) in [6.07, 6.45) is -0.227. The van der Waals surface area contributed by atoms with Crippen LogP contribution in [0.5, 0.6) is 0 Å². The van der Waals surface area contributed by atoms with E-state index < -0.39 is 0 Å². The van der Waals surface area contributed by atoms with Gasteiger partial charge in [-0.3, -0.25) is 5.43 Å². The average molecular weight is 260 g/mol. The third-order valence-corrected chi connectivity index (χ3v) is 2.67. The van der Waals surface area contributed by atoms with Gasteiger partial charge in [-0.1, -0.05) is 0 Å². The van der Waals surface area contributed by atoms with Gasteiger partial charge in [0.15, 0.2) is 0 Å². The second kappa shape index (κ2) is 6.89. The van der Waals surface area contributed by atoms with Gasteiger partial charge < -0.3 is 19.5 Å². The van der Waals surface area contributed by atoms with E-state index in [9.17, 15) is 5.11 Å². The second-order valence-electron chi connectivity index (χ2n) is 4.91. The fourth-order valence-corrected chi connectivity index (χ4v) is 2.03. The van der Waals surface area contributed by atoms with Gasteiger partial charge in [-0.15, -0.1) is 0 Å². The first-order valence-corrected chi connectivity index (χ1v) is 6.06. The topological polar surface area (TPSA) is 92.3 Å². The number of nitrogens with one attached hydrogen (secondary N) is 1. The number of rotatable bonds is 4. The molecule has 1 fully saturated rings. The molecule has 7 heteroatoms. The molecule has 1 saturated heterocycles. The van der Waals surface area contributed by atoms with E-state index in [0.29, 0.717) is 32.2 Å². The van der Waals surface area contributed by atoms with Crippen molar-refractivity contribution in [3.8, 4) is 0 Å². The van der Waals surface area contributed by atoms with Gasteiger partial charge in [0.1, 0.15) is 0 Å². The Morgan fingerprint density at radius 1 is 1.67 bits per heavy atom. The lowest BCUT2D eigenvalue weighted by Gasteiger charge is -2.43. The molecule has 7 nitrogen and oxygen atoms in total. The minimum atomic E-state index is -0.343. The number of hydrogen-bond donors (Lipinski definition) is 3. The first-order chi connectivity index (χ1) is 8.52. The number of aliphatic hydroxyl groups is 1. The van der Waals surface area contributed by atoms with Crippen LogP contribution in [0, 0.1) is 0 Å². The average Bonchev–Trinajstić information content (AvgIpc) is 2.32. The quantitative estimate of drug-likeness (QED) is 0.196. The first kappa shape index (κ1) is 15.2. The fraction of sp³-hybridized carbons (Fsp3) is 0.909. The highest BCUT2D eigenvalue weighted by atomic mass is 16.5. The van der Waals surface area contributed by atoms with E-state index in [2.05, 4.69) is 10.4 Å². The molecule has 0 radical (unpaired) electrons. The van der Waals surface area contributed by atoms with Crippen molar-refractivity contribution in [3.63, 3.8) is 0 Å². The van der Waals surface area contributed by atoms with Crippen molar-refractivity contribution in [2.45, 2.75) is 25.6 Å². The van der Waals surface area contributed by atoms with Crippen LogP contribution >= 0.6 is 0 Å². The summed E-state index contributed by atoms with van der Waals surface area (Å²) in [5.74, 6) is 6.09. The summed E-state index contributed by atoms with van der Waals surface area (Å²) in [5, 5.41) is 9.25. The maximum absolute atomic E-state index is 9.25. The Bertz CT molecular complexity index is 283. The normalized spacial score (nSPS) is 24.2. The number of nitrogens with two attached hydrogens (primary N) is 1. The van der Waals surface area contributed by atoms with Gasteiger partial charge in [0, 0.05) is 20.2 Å². The zero-order valence-corrected chi connectivity index (χ0v) is 11.3. The van der Waals surface area contributed by atoms with Crippen LogP contribution in [0.3, 0.4) is 0 Å². The summed E-state index contributed by atoms with van der Waals surface area (Å²) in [4.78, 5) is 6.32. The maximum Gasteiger partial charge on any atom is 0.208 e. The molecule has 18 heavy (non-hydrogen) atoms. The van der Waals surface area contributed by atoms with Crippen LogP contribution in [0.15, 0.2) is 4.99 Å². The molecule has 1 atom stereocenters. The van der Waals surface area contributed by atoms with Gasteiger partial charge in [-0.2, -0.15) is 0 Å². The maximum atomic E-state index is 9.25. The van der Waals surface area contributed by atoms with Gasteiger partial charge in [0.25, 0.3) is 0 Å². The van der Waals surface area contributed by atoms with Crippen molar-refractivity contribution in [3.05, 3.63) is 0 Å². The highest BCUT2D eigenvalue weighted by Gasteiger charge is 2.34. The van der Waals surface area contributed by atoms with Crippen LogP contribution in [0.25, 0.3) is 0 Å². The van der Waals surface area contributed by atoms with E-state index in [0.717, 1.165) is 0 Å². The molecule has 0 bridgehead atoms. The molecule has 1 aliphatic heterocycles. The summed E-state index contributed by atoms with van der Waals surface area (Å²) in [7, 11) is 1.63. The highest BCUT2D eigenvalue weighted by Crippen LogP contribution is 2.20. The van der Waals surface area contributed by atoms with Crippen LogP contribution in [-0.2, 0) is 9.47 Å².